The summed E-state index contributed by atoms with van der Waals surface area (Å²) in [5.41, 5.74) is 5.29. The third-order valence-electron chi connectivity index (χ3n) is 2.47. The second-order valence-corrected chi connectivity index (χ2v) is 3.68. The average Bonchev–Trinajstić information content (AvgIpc) is 2.19. The maximum absolute atomic E-state index is 2.22. The Morgan fingerprint density at radius 2 is 1.64 bits per heavy atom. The van der Waals surface area contributed by atoms with Gasteiger partial charge in [-0.05, 0) is 18.1 Å². The summed E-state index contributed by atoms with van der Waals surface area (Å²) < 4.78 is 0. The molecule has 2 aromatic rings. The van der Waals surface area contributed by atoms with Crippen molar-refractivity contribution in [2.45, 2.75) is 6.92 Å². The number of benzene rings is 2. The lowest BCUT2D eigenvalue weighted by molar-refractivity contribution is 1.49. The van der Waals surface area contributed by atoms with Gasteiger partial charge < -0.3 is 0 Å². The van der Waals surface area contributed by atoms with E-state index in [9.17, 15) is 0 Å². The normalized spacial score (nSPS) is 10.1. The van der Waals surface area contributed by atoms with Crippen molar-refractivity contribution in [2.75, 3.05) is 0 Å². The zero-order valence-corrected chi connectivity index (χ0v) is 8.62. The van der Waals surface area contributed by atoms with E-state index >= 15 is 0 Å². The molecule has 0 amide bonds. The van der Waals surface area contributed by atoms with E-state index < -0.39 is 0 Å². The molecule has 0 aliphatic carbocycles. The summed E-state index contributed by atoms with van der Waals surface area (Å²) in [4.78, 5) is 0. The van der Waals surface area contributed by atoms with Gasteiger partial charge in [-0.25, -0.2) is 0 Å². The molecule has 2 rings (SSSR count). The first-order valence-corrected chi connectivity index (χ1v) is 4.90. The molecule has 1 heteroatoms. The molecule has 0 N–H and O–H groups in total. The molecular formula is C13H13B. The Bertz CT molecular complexity index is 432. The Morgan fingerprint density at radius 3 is 2.29 bits per heavy atom. The van der Waals surface area contributed by atoms with Crippen LogP contribution in [0.5, 0.6) is 0 Å². The van der Waals surface area contributed by atoms with Gasteiger partial charge in [0.15, 0.2) is 0 Å². The van der Waals surface area contributed by atoms with Gasteiger partial charge in [-0.15, -0.1) is 0 Å². The molecule has 2 aromatic carbocycles. The quantitative estimate of drug-likeness (QED) is 0.588. The maximum Gasteiger partial charge on any atom is 0.140 e. The van der Waals surface area contributed by atoms with Crippen LogP contribution in [0, 0.1) is 6.92 Å². The first kappa shape index (κ1) is 9.08. The molecule has 0 spiro atoms. The fourth-order valence-electron chi connectivity index (χ4n) is 1.76. The highest BCUT2D eigenvalue weighted by Gasteiger charge is 1.99. The average molecular weight is 180 g/mol. The maximum atomic E-state index is 2.22. The molecule has 0 bridgehead atoms. The molecule has 68 valence electrons. The van der Waals surface area contributed by atoms with Crippen LogP contribution in [-0.4, -0.2) is 7.85 Å². The fraction of sp³-hybridized carbons (Fsp3) is 0.0769. The molecular weight excluding hydrogens is 167 g/mol. The summed E-state index contributed by atoms with van der Waals surface area (Å²) in [5, 5.41) is 0. The minimum absolute atomic E-state index is 1.30. The number of hydrogen-bond donors (Lipinski definition) is 0. The molecule has 0 radical (unpaired) electrons. The van der Waals surface area contributed by atoms with Crippen LogP contribution in [0.25, 0.3) is 11.1 Å². The molecule has 0 aliphatic rings. The van der Waals surface area contributed by atoms with Crippen LogP contribution in [0.2, 0.25) is 0 Å². The van der Waals surface area contributed by atoms with Crippen LogP contribution in [0.3, 0.4) is 0 Å². The molecule has 0 saturated carbocycles. The Morgan fingerprint density at radius 1 is 0.929 bits per heavy atom. The van der Waals surface area contributed by atoms with E-state index in [4.69, 9.17) is 0 Å². The molecule has 0 fully saturated rings. The number of aryl methyl sites for hydroxylation is 1. The Balaban J connectivity index is 2.53. The molecule has 0 heterocycles. The topological polar surface area (TPSA) is 0 Å². The molecule has 0 atom stereocenters. The third kappa shape index (κ3) is 1.72. The fourth-order valence-corrected chi connectivity index (χ4v) is 1.76. The largest absolute Gasteiger partial charge is 0.140 e. The van der Waals surface area contributed by atoms with E-state index in [1.54, 1.807) is 0 Å². The second-order valence-electron chi connectivity index (χ2n) is 3.68. The molecule has 0 saturated heterocycles. The van der Waals surface area contributed by atoms with Gasteiger partial charge in [-0.1, -0.05) is 59.6 Å². The summed E-state index contributed by atoms with van der Waals surface area (Å²) >= 11 is 0. The molecule has 0 aromatic heterocycles. The van der Waals surface area contributed by atoms with Crippen LogP contribution >= 0.6 is 0 Å². The van der Waals surface area contributed by atoms with Crippen molar-refractivity contribution >= 4 is 13.3 Å². The Kier molecular flexibility index (Phi) is 2.40. The zero-order valence-electron chi connectivity index (χ0n) is 8.62. The van der Waals surface area contributed by atoms with Crippen molar-refractivity contribution in [1.29, 1.82) is 0 Å². The highest BCUT2D eigenvalue weighted by Crippen LogP contribution is 2.16. The lowest BCUT2D eigenvalue weighted by Gasteiger charge is -2.06. The smallest absolute Gasteiger partial charge is 0.0810 e. The Labute approximate surface area is 86.0 Å². The van der Waals surface area contributed by atoms with Gasteiger partial charge in [0, 0.05) is 0 Å². The van der Waals surface area contributed by atoms with E-state index in [2.05, 4.69) is 57.2 Å². The van der Waals surface area contributed by atoms with E-state index in [0.717, 1.165) is 0 Å². The van der Waals surface area contributed by atoms with Gasteiger partial charge in [0.05, 0.1) is 0 Å². The van der Waals surface area contributed by atoms with Crippen LogP contribution in [0.15, 0.2) is 48.5 Å². The predicted octanol–water partition coefficient (Wildman–Crippen LogP) is 1.92. The highest BCUT2D eigenvalue weighted by atomic mass is 14.0. The van der Waals surface area contributed by atoms with Gasteiger partial charge in [-0.2, -0.15) is 0 Å². The monoisotopic (exact) mass is 180 g/mol. The molecule has 0 nitrogen and oxygen atoms in total. The van der Waals surface area contributed by atoms with Crippen molar-refractivity contribution in [2.24, 2.45) is 0 Å². The predicted molar refractivity (Wildman–Crippen MR) is 64.8 cm³/mol. The summed E-state index contributed by atoms with van der Waals surface area (Å²) in [6.07, 6.45) is 0. The molecule has 0 unspecified atom stereocenters. The van der Waals surface area contributed by atoms with Crippen LogP contribution < -0.4 is 5.46 Å². The van der Waals surface area contributed by atoms with E-state index in [0.29, 0.717) is 0 Å². The van der Waals surface area contributed by atoms with Crippen LogP contribution in [0.4, 0.5) is 0 Å². The van der Waals surface area contributed by atoms with E-state index in [-0.39, 0.29) is 0 Å². The lowest BCUT2D eigenvalue weighted by atomic mass is 9.86. The minimum Gasteiger partial charge on any atom is -0.0810 e. The van der Waals surface area contributed by atoms with Crippen LogP contribution in [-0.2, 0) is 0 Å². The van der Waals surface area contributed by atoms with Crippen molar-refractivity contribution in [3.05, 3.63) is 54.1 Å². The van der Waals surface area contributed by atoms with E-state index in [1.165, 1.54) is 22.2 Å². The standard InChI is InChI=1S/C13H13B/c1-10-7-8-12(13(14)9-10)11-5-3-2-4-6-11/h2-9H,14H2,1H3. The van der Waals surface area contributed by atoms with Gasteiger partial charge in [0.25, 0.3) is 0 Å². The molecule has 0 aliphatic heterocycles. The summed E-state index contributed by atoms with van der Waals surface area (Å²) in [6.45, 7) is 2.13. The summed E-state index contributed by atoms with van der Waals surface area (Å²) in [7, 11) is 2.16. The minimum atomic E-state index is 1.30. The second kappa shape index (κ2) is 3.71. The van der Waals surface area contributed by atoms with Gasteiger partial charge in [0.1, 0.15) is 7.85 Å². The first-order chi connectivity index (χ1) is 6.77. The third-order valence-corrected chi connectivity index (χ3v) is 2.47. The number of rotatable bonds is 1. The van der Waals surface area contributed by atoms with Crippen molar-refractivity contribution in [1.82, 2.24) is 0 Å². The summed E-state index contributed by atoms with van der Waals surface area (Å²) in [6, 6.07) is 17.1. The van der Waals surface area contributed by atoms with Gasteiger partial charge in [-0.3, -0.25) is 0 Å². The Hall–Kier alpha value is -1.50. The first-order valence-electron chi connectivity index (χ1n) is 4.90. The van der Waals surface area contributed by atoms with Crippen molar-refractivity contribution in [3.8, 4) is 11.1 Å². The zero-order chi connectivity index (χ0) is 9.97. The number of hydrogen-bond acceptors (Lipinski definition) is 0. The van der Waals surface area contributed by atoms with Gasteiger partial charge in [0.2, 0.25) is 0 Å². The lowest BCUT2D eigenvalue weighted by Crippen LogP contribution is -2.06. The van der Waals surface area contributed by atoms with Crippen molar-refractivity contribution < 1.29 is 0 Å². The summed E-state index contributed by atoms with van der Waals surface area (Å²) in [5.74, 6) is 0. The SMILES string of the molecule is Bc1cc(C)ccc1-c1ccccc1. The highest BCUT2D eigenvalue weighted by molar-refractivity contribution is 6.36. The van der Waals surface area contributed by atoms with E-state index in [1.807, 2.05) is 6.07 Å². The van der Waals surface area contributed by atoms with Crippen LogP contribution in [0.1, 0.15) is 5.56 Å². The van der Waals surface area contributed by atoms with Gasteiger partial charge >= 0.3 is 0 Å². The van der Waals surface area contributed by atoms with Crippen molar-refractivity contribution in [3.63, 3.8) is 0 Å². The molecule has 14 heavy (non-hydrogen) atoms.